The van der Waals surface area contributed by atoms with Crippen LogP contribution in [-0.2, 0) is 15.8 Å². The van der Waals surface area contributed by atoms with Crippen molar-refractivity contribution in [3.63, 3.8) is 0 Å². The Kier molecular flexibility index (Phi) is 16.2. The number of phosphoric ester groups is 1. The lowest BCUT2D eigenvalue weighted by molar-refractivity contribution is -0.133. The van der Waals surface area contributed by atoms with Gasteiger partial charge in [0.15, 0.2) is 46.0 Å². The Morgan fingerprint density at radius 2 is 0.986 bits per heavy atom. The van der Waals surface area contributed by atoms with Gasteiger partial charge in [-0.15, -0.1) is 0 Å². The number of aryl methyl sites for hydroxylation is 2. The van der Waals surface area contributed by atoms with E-state index < -0.39 is 13.8 Å². The molecule has 2 N–H and O–H groups in total. The molecule has 0 amide bonds. The maximum absolute atomic E-state index is 13.3. The van der Waals surface area contributed by atoms with E-state index >= 15 is 0 Å². The van der Waals surface area contributed by atoms with E-state index in [0.717, 1.165) is 16.7 Å². The van der Waals surface area contributed by atoms with Crippen molar-refractivity contribution < 1.29 is 70.7 Å². The van der Waals surface area contributed by atoms with Gasteiger partial charge in [0.1, 0.15) is 11.2 Å². The first-order valence-electron chi connectivity index (χ1n) is 21.2. The number of esters is 1. The largest absolute Gasteiger partial charge is 0.524 e. The molecule has 1 aromatic heterocycles. The van der Waals surface area contributed by atoms with Crippen molar-refractivity contribution >= 4 is 46.9 Å². The maximum Gasteiger partial charge on any atom is 0.524 e. The van der Waals surface area contributed by atoms with Crippen LogP contribution in [-0.4, -0.2) is 72.6 Å². The fourth-order valence-electron chi connectivity index (χ4n) is 7.54. The molecule has 7 aromatic rings. The summed E-state index contributed by atoms with van der Waals surface area (Å²) in [6.45, 7) is 12.2. The lowest BCUT2D eigenvalue weighted by Gasteiger charge is -2.16. The first-order valence-corrected chi connectivity index (χ1v) is 22.7. The van der Waals surface area contributed by atoms with E-state index in [1.807, 2.05) is 26.0 Å². The molecule has 17 heteroatoms. The van der Waals surface area contributed by atoms with Gasteiger partial charge in [-0.3, -0.25) is 19.4 Å². The number of para-hydroxylation sites is 1. The molecule has 0 aliphatic rings. The van der Waals surface area contributed by atoms with E-state index in [-0.39, 0.29) is 29.1 Å². The predicted molar refractivity (Wildman–Crippen MR) is 266 cm³/mol. The summed E-state index contributed by atoms with van der Waals surface area (Å²) in [7, 11) is 7.25. The molecule has 0 atom stereocenters. The molecule has 0 saturated carbocycles. The smallest absolute Gasteiger partial charge is 0.493 e. The van der Waals surface area contributed by atoms with Gasteiger partial charge in [0.25, 0.3) is 0 Å². The van der Waals surface area contributed by atoms with Gasteiger partial charge in [-0.1, -0.05) is 43.5 Å². The molecule has 7 rings (SSSR count). The Bertz CT molecular complexity index is 3190. The summed E-state index contributed by atoms with van der Waals surface area (Å²) in [6, 6.07) is 25.7. The number of hydrogen-bond acceptors (Lipinski definition) is 14. The maximum atomic E-state index is 13.3. The second-order valence-corrected chi connectivity index (χ2v) is 16.5. The van der Waals surface area contributed by atoms with Crippen LogP contribution in [0.2, 0.25) is 0 Å². The Labute approximate surface area is 404 Å². The molecule has 0 aliphatic heterocycles. The van der Waals surface area contributed by atoms with Crippen LogP contribution in [0.25, 0.3) is 33.1 Å². The van der Waals surface area contributed by atoms with Crippen molar-refractivity contribution in [1.29, 1.82) is 0 Å². The van der Waals surface area contributed by atoms with E-state index in [9.17, 15) is 14.2 Å². The lowest BCUT2D eigenvalue weighted by Crippen LogP contribution is -2.13. The van der Waals surface area contributed by atoms with E-state index in [1.165, 1.54) is 54.8 Å². The molecular weight excluding hydrogens is 924 g/mol. The minimum absolute atomic E-state index is 0.100. The average Bonchev–Trinajstić information content (AvgIpc) is 3.35. The minimum atomic E-state index is -4.75. The van der Waals surface area contributed by atoms with Crippen molar-refractivity contribution in [1.82, 2.24) is 0 Å². The normalized spacial score (nSPS) is 10.9. The molecule has 1 heterocycles. The molecule has 0 spiro atoms. The van der Waals surface area contributed by atoms with Crippen LogP contribution in [0.4, 0.5) is 0 Å². The number of phosphoric acid groups is 1. The molecule has 6 aromatic carbocycles. The van der Waals surface area contributed by atoms with Crippen molar-refractivity contribution in [2.45, 2.75) is 20.3 Å². The first kappa shape index (κ1) is 51.5. The highest BCUT2D eigenvalue weighted by molar-refractivity contribution is 7.46. The van der Waals surface area contributed by atoms with Crippen LogP contribution in [0, 0.1) is 13.8 Å². The zero-order chi connectivity index (χ0) is 51.0. The Balaban J connectivity index is 0.000000256. The van der Waals surface area contributed by atoms with Gasteiger partial charge in [-0.25, -0.2) is 4.57 Å². The summed E-state index contributed by atoms with van der Waals surface area (Å²) in [5.41, 5.74) is 6.97. The molecule has 366 valence electrons. The van der Waals surface area contributed by atoms with Crippen LogP contribution >= 0.6 is 7.82 Å². The van der Waals surface area contributed by atoms with E-state index in [4.69, 9.17) is 61.4 Å². The third-order valence-electron chi connectivity index (χ3n) is 11.3. The number of fused-ring (bicyclic) bond motifs is 2. The van der Waals surface area contributed by atoms with Gasteiger partial charge < -0.3 is 51.6 Å². The standard InChI is InChI=1S/C35H32O8.C18H21O8P/c1-19-11-13-26-32(37)25-10-8-9-23(34(25)43-33(26)20(19)2)18-31(36)42-28-15-22(12-14-27(28)38-4)21(3)24-16-29(39-5)35(41-7)30(17-24)40-6;1-11(13-9-16(23-3)18(25-5)17(10-13)24-4)12-6-7-14(22-2)15(8-12)26-27(19,20)21/h8-17H,3,18H2,1-2,4-7H3;6-10H,1H2,2-5H3,(H2,19,20,21). The highest BCUT2D eigenvalue weighted by Gasteiger charge is 2.23. The van der Waals surface area contributed by atoms with Crippen molar-refractivity contribution in [3.8, 4) is 57.5 Å². The van der Waals surface area contributed by atoms with Gasteiger partial charge in [0, 0.05) is 5.56 Å². The van der Waals surface area contributed by atoms with Gasteiger partial charge in [-0.2, -0.15) is 0 Å². The second-order valence-electron chi connectivity index (χ2n) is 15.4. The van der Waals surface area contributed by atoms with E-state index in [2.05, 4.69) is 13.2 Å². The molecule has 70 heavy (non-hydrogen) atoms. The number of rotatable bonds is 17. The van der Waals surface area contributed by atoms with Crippen molar-refractivity contribution in [2.24, 2.45) is 0 Å². The van der Waals surface area contributed by atoms with Crippen LogP contribution in [0.3, 0.4) is 0 Å². The fourth-order valence-corrected chi connectivity index (χ4v) is 7.94. The molecule has 0 fully saturated rings. The summed E-state index contributed by atoms with van der Waals surface area (Å²) in [5.74, 6) is 2.90. The summed E-state index contributed by atoms with van der Waals surface area (Å²) >= 11 is 0. The zero-order valence-electron chi connectivity index (χ0n) is 40.3. The SMILES string of the molecule is C=C(c1ccc(OC)c(OC(=O)Cc2cccc3c(=O)c4ccc(C)c(C)c4oc23)c1)c1cc(OC)c(OC)c(OC)c1.C=C(c1ccc(OC)c(OP(=O)(O)O)c1)c1cc(OC)c(OC)c(OC)c1. The molecule has 0 bridgehead atoms. The highest BCUT2D eigenvalue weighted by atomic mass is 31.2. The highest BCUT2D eigenvalue weighted by Crippen LogP contribution is 2.46. The number of carbonyl (C=O) groups excluding carboxylic acids is 1. The number of hydrogen-bond donors (Lipinski definition) is 2. The van der Waals surface area contributed by atoms with Crippen molar-refractivity contribution in [3.05, 3.63) is 153 Å². The van der Waals surface area contributed by atoms with Crippen LogP contribution in [0.1, 0.15) is 38.9 Å². The molecule has 0 unspecified atom stereocenters. The Morgan fingerprint density at radius 3 is 1.44 bits per heavy atom. The summed E-state index contributed by atoms with van der Waals surface area (Å²) in [4.78, 5) is 44.8. The number of methoxy groups -OCH3 is 8. The molecule has 0 radical (unpaired) electrons. The van der Waals surface area contributed by atoms with Gasteiger partial charge >= 0.3 is 13.8 Å². The monoisotopic (exact) mass is 976 g/mol. The van der Waals surface area contributed by atoms with Crippen LogP contribution in [0.5, 0.6) is 57.5 Å². The Hall–Kier alpha value is -7.91. The Morgan fingerprint density at radius 1 is 0.543 bits per heavy atom. The molecular formula is C53H53O16P. The van der Waals surface area contributed by atoms with Gasteiger partial charge in [0.2, 0.25) is 16.9 Å². The third kappa shape index (κ3) is 11.0. The van der Waals surface area contributed by atoms with Crippen molar-refractivity contribution in [2.75, 3.05) is 56.9 Å². The topological polar surface area (TPSA) is 197 Å². The summed E-state index contributed by atoms with van der Waals surface area (Å²) < 4.78 is 70.9. The van der Waals surface area contributed by atoms with E-state index in [0.29, 0.717) is 95.6 Å². The zero-order valence-corrected chi connectivity index (χ0v) is 41.2. The van der Waals surface area contributed by atoms with Gasteiger partial charge in [-0.05, 0) is 119 Å². The van der Waals surface area contributed by atoms with Crippen LogP contribution < -0.4 is 52.6 Å². The summed E-state index contributed by atoms with van der Waals surface area (Å²) in [5, 5.41) is 0.909. The van der Waals surface area contributed by atoms with E-state index in [1.54, 1.807) is 80.9 Å². The van der Waals surface area contributed by atoms with Crippen LogP contribution in [0.15, 0.2) is 113 Å². The number of carbonyl (C=O) groups is 1. The second kappa shape index (κ2) is 22.0. The first-order chi connectivity index (χ1) is 33.4. The number of ether oxygens (including phenoxy) is 9. The molecule has 0 aliphatic carbocycles. The molecule has 16 nitrogen and oxygen atoms in total. The van der Waals surface area contributed by atoms with Gasteiger partial charge in [0.05, 0.1) is 74.1 Å². The average molecular weight is 977 g/mol. The third-order valence-corrected chi connectivity index (χ3v) is 11.7. The fraction of sp³-hybridized carbons (Fsp3) is 0.208. The number of benzene rings is 6. The summed E-state index contributed by atoms with van der Waals surface area (Å²) in [6.07, 6.45) is -0.127. The minimum Gasteiger partial charge on any atom is -0.493 e. The lowest BCUT2D eigenvalue weighted by atomic mass is 9.98. The quantitative estimate of drug-likeness (QED) is 0.0378. The predicted octanol–water partition coefficient (Wildman–Crippen LogP) is 10.1. The molecule has 0 saturated heterocycles.